The first-order valence-electron chi connectivity index (χ1n) is 10.1. The van der Waals surface area contributed by atoms with Crippen LogP contribution in [0.25, 0.3) is 11.3 Å². The number of hydrogen-bond acceptors (Lipinski definition) is 5. The van der Waals surface area contributed by atoms with Gasteiger partial charge in [-0.2, -0.15) is 13.1 Å². The maximum Gasteiger partial charge on any atom is 0.299 e. The first-order chi connectivity index (χ1) is 15.6. The van der Waals surface area contributed by atoms with Crippen LogP contribution in [0.5, 0.6) is 0 Å². The second kappa shape index (κ2) is 8.86. The smallest absolute Gasteiger partial charge is 0.299 e. The fraction of sp³-hybridized carbons (Fsp3) is 0.238. The summed E-state index contributed by atoms with van der Waals surface area (Å²) in [5, 5.41) is 2.90. The normalized spacial score (nSPS) is 14.4. The van der Waals surface area contributed by atoms with E-state index in [4.69, 9.17) is 0 Å². The summed E-state index contributed by atoms with van der Waals surface area (Å²) in [4.78, 5) is -0.204. The Morgan fingerprint density at radius 1 is 1.03 bits per heavy atom. The van der Waals surface area contributed by atoms with E-state index in [0.717, 1.165) is 22.9 Å². The fourth-order valence-electron chi connectivity index (χ4n) is 3.33. The van der Waals surface area contributed by atoms with Gasteiger partial charge in [0, 0.05) is 30.4 Å². The molecular formula is C21H22F2N4O4S2. The van der Waals surface area contributed by atoms with Crippen LogP contribution in [0.4, 0.5) is 14.5 Å². The maximum atomic E-state index is 14.5. The minimum absolute atomic E-state index is 0.0131. The second-order valence-electron chi connectivity index (χ2n) is 7.71. The molecule has 3 aromatic rings. The van der Waals surface area contributed by atoms with Crippen molar-refractivity contribution in [2.45, 2.75) is 30.3 Å². The average molecular weight is 497 g/mol. The molecule has 1 heterocycles. The van der Waals surface area contributed by atoms with E-state index in [9.17, 15) is 25.6 Å². The molecule has 1 aliphatic rings. The molecule has 176 valence electrons. The van der Waals surface area contributed by atoms with E-state index in [-0.39, 0.29) is 27.9 Å². The molecule has 1 aliphatic carbocycles. The van der Waals surface area contributed by atoms with Crippen molar-refractivity contribution < 1.29 is 25.6 Å². The Labute approximate surface area is 190 Å². The van der Waals surface area contributed by atoms with E-state index in [1.807, 2.05) is 0 Å². The lowest BCUT2D eigenvalue weighted by atomic mass is 10.1. The summed E-state index contributed by atoms with van der Waals surface area (Å²) in [6.07, 6.45) is 2.84. The van der Waals surface area contributed by atoms with Crippen LogP contribution in [-0.4, -0.2) is 33.9 Å². The van der Waals surface area contributed by atoms with Crippen LogP contribution < -0.4 is 14.8 Å². The molecule has 0 amide bonds. The van der Waals surface area contributed by atoms with Crippen LogP contribution in [0.15, 0.2) is 59.6 Å². The Bertz CT molecular complexity index is 1400. The van der Waals surface area contributed by atoms with Gasteiger partial charge in [-0.1, -0.05) is 6.07 Å². The SMILES string of the molecule is CNCc1cc(-c2ccc(F)cc2F)n(S(=O)(=O)c2cccc(NS(=O)(=O)NC3CC3)c2)c1. The number of rotatable bonds is 9. The van der Waals surface area contributed by atoms with Crippen molar-refractivity contribution in [1.29, 1.82) is 0 Å². The van der Waals surface area contributed by atoms with Crippen molar-refractivity contribution in [2.75, 3.05) is 11.8 Å². The van der Waals surface area contributed by atoms with E-state index in [1.165, 1.54) is 42.6 Å². The molecule has 0 saturated heterocycles. The molecule has 2 aromatic carbocycles. The molecule has 0 radical (unpaired) electrons. The van der Waals surface area contributed by atoms with Gasteiger partial charge in [-0.3, -0.25) is 4.72 Å². The molecule has 0 bridgehead atoms. The highest BCUT2D eigenvalue weighted by Crippen LogP contribution is 2.30. The standard InChI is InChI=1S/C21H22F2N4O4S2/c1-24-12-14-9-21(19-8-5-15(22)10-20(19)23)27(13-14)32(28,29)18-4-2-3-17(11-18)26-33(30,31)25-16-6-7-16/h2-5,8-11,13,16,24-26H,6-7,12H2,1H3. The van der Waals surface area contributed by atoms with Crippen LogP contribution >= 0.6 is 0 Å². The monoisotopic (exact) mass is 496 g/mol. The Hall–Kier alpha value is -2.80. The Balaban J connectivity index is 1.75. The van der Waals surface area contributed by atoms with Gasteiger partial charge in [0.15, 0.2) is 0 Å². The molecule has 0 atom stereocenters. The average Bonchev–Trinajstić information content (AvgIpc) is 3.43. The van der Waals surface area contributed by atoms with Gasteiger partial charge >= 0.3 is 0 Å². The second-order valence-corrected chi connectivity index (χ2v) is 11.0. The molecule has 1 fully saturated rings. The number of anilines is 1. The number of nitrogens with zero attached hydrogens (tertiary/aromatic N) is 1. The van der Waals surface area contributed by atoms with E-state index in [0.29, 0.717) is 18.2 Å². The van der Waals surface area contributed by atoms with E-state index >= 15 is 0 Å². The molecule has 0 aliphatic heterocycles. The zero-order valence-corrected chi connectivity index (χ0v) is 19.2. The Kier molecular flexibility index (Phi) is 6.27. The number of benzene rings is 2. The lowest BCUT2D eigenvalue weighted by Gasteiger charge is -2.13. The van der Waals surface area contributed by atoms with Gasteiger partial charge in [-0.05, 0) is 61.9 Å². The largest absolute Gasteiger partial charge is 0.316 e. The molecule has 1 aromatic heterocycles. The number of halogens is 2. The molecule has 1 saturated carbocycles. The van der Waals surface area contributed by atoms with Crippen molar-refractivity contribution in [3.8, 4) is 11.3 Å². The number of aromatic nitrogens is 1. The van der Waals surface area contributed by atoms with Crippen LogP contribution in [-0.2, 0) is 26.8 Å². The maximum absolute atomic E-state index is 14.5. The summed E-state index contributed by atoms with van der Waals surface area (Å²) in [7, 11) is -6.44. The highest BCUT2D eigenvalue weighted by Gasteiger charge is 2.28. The van der Waals surface area contributed by atoms with Gasteiger partial charge in [0.05, 0.1) is 16.3 Å². The molecule has 12 heteroatoms. The summed E-state index contributed by atoms with van der Waals surface area (Å²) in [6.45, 7) is 0.311. The summed E-state index contributed by atoms with van der Waals surface area (Å²) >= 11 is 0. The summed E-state index contributed by atoms with van der Waals surface area (Å²) in [6, 6.07) is 9.59. The summed E-state index contributed by atoms with van der Waals surface area (Å²) < 4.78 is 85.0. The minimum Gasteiger partial charge on any atom is -0.316 e. The van der Waals surface area contributed by atoms with Crippen LogP contribution in [0.2, 0.25) is 0 Å². The highest BCUT2D eigenvalue weighted by atomic mass is 32.2. The van der Waals surface area contributed by atoms with Gasteiger partial charge in [0.2, 0.25) is 0 Å². The lowest BCUT2D eigenvalue weighted by Crippen LogP contribution is -2.31. The third-order valence-corrected chi connectivity index (χ3v) is 7.79. The van der Waals surface area contributed by atoms with Crippen molar-refractivity contribution in [3.05, 3.63) is 71.9 Å². The molecule has 4 rings (SSSR count). The van der Waals surface area contributed by atoms with Crippen molar-refractivity contribution >= 4 is 25.9 Å². The van der Waals surface area contributed by atoms with E-state index in [2.05, 4.69) is 14.8 Å². The molecule has 8 nitrogen and oxygen atoms in total. The molecular weight excluding hydrogens is 474 g/mol. The lowest BCUT2D eigenvalue weighted by molar-refractivity contribution is 0.582. The third-order valence-electron chi connectivity index (χ3n) is 4.97. The minimum atomic E-state index is -4.26. The fourth-order valence-corrected chi connectivity index (χ4v) is 5.94. The summed E-state index contributed by atoms with van der Waals surface area (Å²) in [5.74, 6) is -1.69. The Morgan fingerprint density at radius 2 is 1.79 bits per heavy atom. The topological polar surface area (TPSA) is 109 Å². The van der Waals surface area contributed by atoms with Crippen LogP contribution in [0.1, 0.15) is 18.4 Å². The first-order valence-corrected chi connectivity index (χ1v) is 13.0. The number of nitrogens with one attached hydrogen (secondary N) is 3. The molecule has 0 spiro atoms. The zero-order chi connectivity index (χ0) is 23.8. The van der Waals surface area contributed by atoms with Gasteiger partial charge in [-0.15, -0.1) is 0 Å². The quantitative estimate of drug-likeness (QED) is 0.422. The predicted molar refractivity (Wildman–Crippen MR) is 120 cm³/mol. The highest BCUT2D eigenvalue weighted by molar-refractivity contribution is 7.91. The van der Waals surface area contributed by atoms with Gasteiger partial charge in [0.25, 0.3) is 20.2 Å². The van der Waals surface area contributed by atoms with Gasteiger partial charge in [0.1, 0.15) is 11.6 Å². The summed E-state index contributed by atoms with van der Waals surface area (Å²) in [5.41, 5.74) is 0.540. The first kappa shape index (κ1) is 23.4. The van der Waals surface area contributed by atoms with Crippen LogP contribution in [0.3, 0.4) is 0 Å². The van der Waals surface area contributed by atoms with Gasteiger partial charge < -0.3 is 5.32 Å². The van der Waals surface area contributed by atoms with E-state index < -0.39 is 31.9 Å². The molecule has 3 N–H and O–H groups in total. The molecule has 33 heavy (non-hydrogen) atoms. The van der Waals surface area contributed by atoms with Crippen molar-refractivity contribution in [2.24, 2.45) is 0 Å². The van der Waals surface area contributed by atoms with E-state index in [1.54, 1.807) is 7.05 Å². The third kappa shape index (κ3) is 5.24. The zero-order valence-electron chi connectivity index (χ0n) is 17.5. The van der Waals surface area contributed by atoms with Crippen LogP contribution in [0, 0.1) is 11.6 Å². The van der Waals surface area contributed by atoms with Crippen molar-refractivity contribution in [3.63, 3.8) is 0 Å². The number of hydrogen-bond donors (Lipinski definition) is 3. The molecule has 0 unspecified atom stereocenters. The van der Waals surface area contributed by atoms with Gasteiger partial charge in [-0.25, -0.2) is 21.2 Å². The van der Waals surface area contributed by atoms with Crippen molar-refractivity contribution in [1.82, 2.24) is 14.0 Å². The predicted octanol–water partition coefficient (Wildman–Crippen LogP) is 2.80. The Morgan fingerprint density at radius 3 is 2.45 bits per heavy atom.